The molecule has 0 saturated carbocycles. The maximum atomic E-state index is 15.3. The van der Waals surface area contributed by atoms with Gasteiger partial charge in [-0.15, -0.1) is 0 Å². The summed E-state index contributed by atoms with van der Waals surface area (Å²) >= 11 is 0. The number of nitrogens with zero attached hydrogens (tertiary/aromatic N) is 6. The summed E-state index contributed by atoms with van der Waals surface area (Å²) in [4.78, 5) is 63.3. The Morgan fingerprint density at radius 1 is 0.373 bits per heavy atom. The number of unbranched alkanes of at least 4 members (excludes halogenated alkanes) is 5. The smallest absolute Gasteiger partial charge is 0.338 e. The van der Waals surface area contributed by atoms with Crippen LogP contribution in [0, 0.1) is 0 Å². The number of ether oxygens (including phenoxy) is 19. The number of carbonyl (C=O) groups is 4. The summed E-state index contributed by atoms with van der Waals surface area (Å²) in [6.45, 7) is 6.48. The summed E-state index contributed by atoms with van der Waals surface area (Å²) in [5.74, 6) is -3.35. The highest BCUT2D eigenvalue weighted by Crippen LogP contribution is 2.42. The zero-order valence-corrected chi connectivity index (χ0v) is 66.6. The zero-order chi connectivity index (χ0) is 82.6. The van der Waals surface area contributed by atoms with Crippen molar-refractivity contribution in [1.82, 2.24) is 0 Å². The molecule has 4 heterocycles. The summed E-state index contributed by atoms with van der Waals surface area (Å²) < 4.78 is 128. The van der Waals surface area contributed by atoms with Gasteiger partial charge < -0.3 is 90.0 Å². The first kappa shape index (κ1) is 89.0. The molecule has 0 bridgehead atoms. The van der Waals surface area contributed by atoms with Gasteiger partial charge in [0.25, 0.3) is 0 Å². The average Bonchev–Trinajstić information content (AvgIpc) is 0.723. The second-order valence-electron chi connectivity index (χ2n) is 28.6. The Balaban J connectivity index is 1.03. The van der Waals surface area contributed by atoms with Crippen LogP contribution in [0.4, 0.5) is 0 Å². The van der Waals surface area contributed by atoms with Crippen LogP contribution in [0.1, 0.15) is 98.2 Å². The quantitative estimate of drug-likeness (QED) is 0.00651. The van der Waals surface area contributed by atoms with Gasteiger partial charge in [-0.3, -0.25) is 9.59 Å². The van der Waals surface area contributed by atoms with Crippen LogP contribution in [-0.2, 0) is 155 Å². The Hall–Kier alpha value is -9.82. The number of hydrogen-bond donors (Lipinski definition) is 0. The van der Waals surface area contributed by atoms with Crippen LogP contribution in [0.15, 0.2) is 235 Å². The van der Waals surface area contributed by atoms with E-state index in [1.165, 1.54) is 19.9 Å². The fourth-order valence-corrected chi connectivity index (χ4v) is 14.3. The Bertz CT molecular complexity index is 4240. The van der Waals surface area contributed by atoms with Gasteiger partial charge in [0, 0.05) is 30.3 Å². The molecular weight excluding hydrogens is 1520 g/mol. The third kappa shape index (κ3) is 26.1. The number of azide groups is 2. The van der Waals surface area contributed by atoms with E-state index in [0.717, 1.165) is 61.5 Å². The third-order valence-corrected chi connectivity index (χ3v) is 20.2. The first-order valence-electron chi connectivity index (χ1n) is 39.8. The van der Waals surface area contributed by atoms with Gasteiger partial charge in [-0.25, -0.2) is 9.59 Å². The van der Waals surface area contributed by atoms with E-state index >= 15 is 4.79 Å². The fourth-order valence-electron chi connectivity index (χ4n) is 14.3. The molecule has 118 heavy (non-hydrogen) atoms. The molecule has 20 atom stereocenters. The average molecular weight is 1630 g/mol. The molecule has 0 radical (unpaired) electrons. The van der Waals surface area contributed by atoms with Crippen LogP contribution in [0.5, 0.6) is 0 Å². The molecule has 29 nitrogen and oxygen atoms in total. The van der Waals surface area contributed by atoms with E-state index in [4.69, 9.17) is 90.0 Å². The maximum Gasteiger partial charge on any atom is 0.338 e. The maximum absolute atomic E-state index is 15.3. The van der Waals surface area contributed by atoms with Gasteiger partial charge in [0.15, 0.2) is 37.4 Å². The number of rotatable bonds is 45. The summed E-state index contributed by atoms with van der Waals surface area (Å²) in [7, 11) is 1.14. The SMILES string of the molecule is C=CCOC(=O)[C@H]1O[C@@H](O[C@H]2[C@H](OCc3ccccc3)[C@@H](N=[N+]=[N-])[C@@H](O[C@H]3[C@H](OCc4ccccc4)[C@@H](OCc4ccccc4)[C@H](O[C@H]4[C@H](OCc5ccccc5)[C@@H](N=[N+]=[N-])[C@@H](OCCCCCCCC)O[C@@H]4COC(C)=O)O[C@@H]3C(=O)OC)O[C@@H]2COC(C)=O)[C@H](OCc2ccccc2)[C@@H](OCc2ccccc2)[C@@H]1OCc1ccccc1. The van der Waals surface area contributed by atoms with Crippen molar-refractivity contribution in [2.75, 3.05) is 33.5 Å². The third-order valence-electron chi connectivity index (χ3n) is 20.2. The molecule has 7 aromatic rings. The van der Waals surface area contributed by atoms with E-state index in [1.807, 2.05) is 200 Å². The lowest BCUT2D eigenvalue weighted by atomic mass is 9.93. The second-order valence-corrected chi connectivity index (χ2v) is 28.6. The molecule has 29 heteroatoms. The lowest BCUT2D eigenvalue weighted by Gasteiger charge is -2.51. The monoisotopic (exact) mass is 1620 g/mol. The molecule has 4 fully saturated rings. The Labute approximate surface area is 686 Å². The standard InChI is InChI=1S/C89H104N6O23/c1-6-8-9-10-11-33-49-102-86-70(92-94-90)74(105-50-61-34-19-12-20-35-61)72(68(112-86)57-103-59(3)96)114-89-83(111-56-67-46-31-18-32-47-67)78(109-54-65-42-27-16-28-43-65)79(81(118-89)84(98)100-5)116-87-71(93-95-91)75(106-51-62-36-21-13-22-37-62)73(69(113-87)58-104-60(4)97)115-88-82(110-55-66-44-29-17-30-45-66)77(108-53-64-40-25-15-26-41-64)76(80(117-88)85(99)101-48-7-2)107-52-63-38-23-14-24-39-63/h7,12-32,34-47,68-83,86-89H,2,6,8-11,33,48-58H2,1,3-5H3/t68-,69-,70-,71-,72-,73-,74-,75-,76+,77+,78+,79+,80+,81+,82-,83-,86+,87-,88-,89-/m1/s1. The number of carbonyl (C=O) groups excluding carboxylic acids is 4. The van der Waals surface area contributed by atoms with Crippen molar-refractivity contribution in [3.05, 3.63) is 285 Å². The predicted molar refractivity (Wildman–Crippen MR) is 426 cm³/mol. The molecule has 0 amide bonds. The van der Waals surface area contributed by atoms with E-state index in [1.54, 1.807) is 12.1 Å². The Morgan fingerprint density at radius 3 is 1.06 bits per heavy atom. The van der Waals surface area contributed by atoms with Gasteiger partial charge in [-0.2, -0.15) is 0 Å². The molecule has 4 aliphatic heterocycles. The van der Waals surface area contributed by atoms with E-state index in [-0.39, 0.29) is 59.5 Å². The summed E-state index contributed by atoms with van der Waals surface area (Å²) in [6, 6.07) is 61.5. The number of hydrogen-bond acceptors (Lipinski definition) is 25. The van der Waals surface area contributed by atoms with Crippen LogP contribution in [0.3, 0.4) is 0 Å². The molecule has 0 aromatic heterocycles. The summed E-state index contributed by atoms with van der Waals surface area (Å²) in [6.07, 6.45) is -20.5. The van der Waals surface area contributed by atoms with Gasteiger partial charge in [-0.05, 0) is 56.4 Å². The Kier molecular flexibility index (Phi) is 36.0. The van der Waals surface area contributed by atoms with E-state index in [2.05, 4.69) is 33.6 Å². The first-order valence-corrected chi connectivity index (χ1v) is 39.8. The predicted octanol–water partition coefficient (Wildman–Crippen LogP) is 13.9. The van der Waals surface area contributed by atoms with Gasteiger partial charge in [0.1, 0.15) is 105 Å². The highest BCUT2D eigenvalue weighted by atomic mass is 16.8. The molecule has 0 N–H and O–H groups in total. The number of esters is 4. The van der Waals surface area contributed by atoms with Crippen LogP contribution >= 0.6 is 0 Å². The molecule has 11 rings (SSSR count). The topological polar surface area (TPSA) is 341 Å². The molecule has 4 aliphatic rings. The van der Waals surface area contributed by atoms with Crippen LogP contribution < -0.4 is 0 Å². The van der Waals surface area contributed by atoms with Gasteiger partial charge in [0.05, 0.1) is 53.4 Å². The van der Waals surface area contributed by atoms with Crippen molar-refractivity contribution in [2.24, 2.45) is 10.2 Å². The van der Waals surface area contributed by atoms with Gasteiger partial charge >= 0.3 is 23.9 Å². The van der Waals surface area contributed by atoms with Crippen molar-refractivity contribution in [3.63, 3.8) is 0 Å². The van der Waals surface area contributed by atoms with Crippen molar-refractivity contribution < 1.29 is 109 Å². The van der Waals surface area contributed by atoms with Gasteiger partial charge in [0.2, 0.25) is 0 Å². The molecule has 0 unspecified atom stereocenters. The normalized spacial score (nSPS) is 26.8. The molecule has 0 aliphatic carbocycles. The molecular formula is C89H104N6O23. The minimum Gasteiger partial charge on any atom is -0.467 e. The largest absolute Gasteiger partial charge is 0.467 e. The van der Waals surface area contributed by atoms with E-state index in [0.29, 0.717) is 23.1 Å². The minimum atomic E-state index is -1.92. The van der Waals surface area contributed by atoms with E-state index < -0.39 is 160 Å². The fraction of sp³-hybridized carbons (Fsp3) is 0.461. The summed E-state index contributed by atoms with van der Waals surface area (Å²) in [5.41, 5.74) is 26.4. The first-order chi connectivity index (χ1) is 57.8. The van der Waals surface area contributed by atoms with Crippen molar-refractivity contribution in [1.29, 1.82) is 0 Å². The molecule has 628 valence electrons. The van der Waals surface area contributed by atoms with Crippen LogP contribution in [-0.4, -0.2) is 180 Å². The van der Waals surface area contributed by atoms with Crippen molar-refractivity contribution in [2.45, 2.75) is 228 Å². The van der Waals surface area contributed by atoms with Crippen molar-refractivity contribution in [3.8, 4) is 0 Å². The minimum absolute atomic E-state index is 0.0322. The highest BCUT2D eigenvalue weighted by Gasteiger charge is 2.60. The van der Waals surface area contributed by atoms with Crippen LogP contribution in [0.25, 0.3) is 20.9 Å². The molecule has 4 saturated heterocycles. The number of benzene rings is 7. The molecule has 0 spiro atoms. The number of methoxy groups -OCH3 is 1. The zero-order valence-electron chi connectivity index (χ0n) is 66.6. The lowest BCUT2D eigenvalue weighted by Crippen LogP contribution is -2.69. The van der Waals surface area contributed by atoms with Gasteiger partial charge in [-0.1, -0.05) is 274 Å². The van der Waals surface area contributed by atoms with Crippen molar-refractivity contribution >= 4 is 23.9 Å². The van der Waals surface area contributed by atoms with E-state index in [9.17, 15) is 25.4 Å². The Morgan fingerprint density at radius 2 is 0.695 bits per heavy atom. The van der Waals surface area contributed by atoms with Crippen LogP contribution in [0.2, 0.25) is 0 Å². The lowest BCUT2D eigenvalue weighted by molar-refractivity contribution is -0.382. The second kappa shape index (κ2) is 47.7. The summed E-state index contributed by atoms with van der Waals surface area (Å²) in [5, 5.41) is 8.69. The molecule has 7 aromatic carbocycles. The highest BCUT2D eigenvalue weighted by molar-refractivity contribution is 5.76.